The number of hydrogen-bond donors (Lipinski definition) is 2. The van der Waals surface area contributed by atoms with Crippen LogP contribution in [0.5, 0.6) is 0 Å². The van der Waals surface area contributed by atoms with Crippen LogP contribution >= 0.6 is 0 Å². The standard InChI is InChI=1S/C20H16N6O/c1-13-17(20(27)25-16-7-3-2-4-8-16)18(14-6-5-9-22-11-14)26-19(24-13)15(10-21)12-23-26/h2-9,11-12,18,24H,1H3,(H,25,27)/t18-/m0/s1. The summed E-state index contributed by atoms with van der Waals surface area (Å²) in [6, 6.07) is 14.6. The monoisotopic (exact) mass is 356 g/mol. The molecule has 7 heteroatoms. The van der Waals surface area contributed by atoms with Crippen molar-refractivity contribution >= 4 is 17.4 Å². The molecule has 0 saturated heterocycles. The lowest BCUT2D eigenvalue weighted by Gasteiger charge is -2.29. The number of anilines is 2. The molecule has 4 rings (SSSR count). The van der Waals surface area contributed by atoms with Crippen LogP contribution in [-0.2, 0) is 4.79 Å². The van der Waals surface area contributed by atoms with Gasteiger partial charge >= 0.3 is 0 Å². The Hall–Kier alpha value is -3.92. The second-order valence-corrected chi connectivity index (χ2v) is 6.14. The first-order valence-corrected chi connectivity index (χ1v) is 8.40. The number of amides is 1. The largest absolute Gasteiger partial charge is 0.343 e. The third-order valence-electron chi connectivity index (χ3n) is 4.42. The number of nitrogens with one attached hydrogen (secondary N) is 2. The number of allylic oxidation sites excluding steroid dienone is 1. The normalized spacial score (nSPS) is 15.5. The maximum atomic E-state index is 13.1. The van der Waals surface area contributed by atoms with Gasteiger partial charge in [0.2, 0.25) is 0 Å². The van der Waals surface area contributed by atoms with Gasteiger partial charge < -0.3 is 10.6 Å². The van der Waals surface area contributed by atoms with Gasteiger partial charge in [0.25, 0.3) is 5.91 Å². The maximum Gasteiger partial charge on any atom is 0.255 e. The number of nitriles is 1. The number of pyridine rings is 1. The average molecular weight is 356 g/mol. The summed E-state index contributed by atoms with van der Waals surface area (Å²) in [5, 5.41) is 19.8. The first-order valence-electron chi connectivity index (χ1n) is 8.40. The molecule has 1 atom stereocenters. The average Bonchev–Trinajstić information content (AvgIpc) is 3.10. The zero-order valence-electron chi connectivity index (χ0n) is 14.5. The van der Waals surface area contributed by atoms with Gasteiger partial charge in [0.05, 0.1) is 11.8 Å². The third kappa shape index (κ3) is 2.93. The molecule has 0 fully saturated rings. The van der Waals surface area contributed by atoms with Crippen molar-refractivity contribution in [1.29, 1.82) is 5.26 Å². The Morgan fingerprint density at radius 3 is 2.74 bits per heavy atom. The Morgan fingerprint density at radius 2 is 2.04 bits per heavy atom. The van der Waals surface area contributed by atoms with Gasteiger partial charge in [0.15, 0.2) is 0 Å². The van der Waals surface area contributed by atoms with Crippen LogP contribution in [0.1, 0.15) is 24.1 Å². The molecule has 132 valence electrons. The summed E-state index contributed by atoms with van der Waals surface area (Å²) >= 11 is 0. The van der Waals surface area contributed by atoms with Crippen LogP contribution < -0.4 is 10.6 Å². The van der Waals surface area contributed by atoms with Crippen molar-refractivity contribution in [3.8, 4) is 6.07 Å². The van der Waals surface area contributed by atoms with E-state index in [1.54, 1.807) is 17.1 Å². The van der Waals surface area contributed by atoms with E-state index in [4.69, 9.17) is 0 Å². The summed E-state index contributed by atoms with van der Waals surface area (Å²) < 4.78 is 1.66. The molecule has 2 N–H and O–H groups in total. The summed E-state index contributed by atoms with van der Waals surface area (Å²) in [5.74, 6) is 0.333. The predicted molar refractivity (Wildman–Crippen MR) is 101 cm³/mol. The highest BCUT2D eigenvalue weighted by molar-refractivity contribution is 6.06. The lowest BCUT2D eigenvalue weighted by Crippen LogP contribution is -2.31. The zero-order chi connectivity index (χ0) is 18.8. The van der Waals surface area contributed by atoms with Gasteiger partial charge in [-0.25, -0.2) is 4.68 Å². The molecule has 3 aromatic rings. The molecule has 2 aromatic heterocycles. The number of carbonyl (C=O) groups is 1. The van der Waals surface area contributed by atoms with E-state index in [1.807, 2.05) is 49.4 Å². The molecule has 1 aliphatic heterocycles. The fraction of sp³-hybridized carbons (Fsp3) is 0.100. The number of aromatic nitrogens is 3. The number of para-hydroxylation sites is 1. The van der Waals surface area contributed by atoms with Crippen LogP contribution in [0.25, 0.3) is 0 Å². The van der Waals surface area contributed by atoms with Crippen LogP contribution in [0, 0.1) is 11.3 Å². The Labute approximate surface area is 156 Å². The number of hydrogen-bond acceptors (Lipinski definition) is 5. The molecule has 1 aromatic carbocycles. The van der Waals surface area contributed by atoms with E-state index in [0.717, 1.165) is 5.56 Å². The minimum absolute atomic E-state index is 0.236. The summed E-state index contributed by atoms with van der Waals surface area (Å²) in [6.07, 6.45) is 4.88. The second kappa shape index (κ2) is 6.77. The number of benzene rings is 1. The molecule has 0 spiro atoms. The number of rotatable bonds is 3. The summed E-state index contributed by atoms with van der Waals surface area (Å²) in [5.41, 5.74) is 3.13. The minimum atomic E-state index is -0.485. The highest BCUT2D eigenvalue weighted by Crippen LogP contribution is 2.37. The Bertz CT molecular complexity index is 1060. The van der Waals surface area contributed by atoms with E-state index in [2.05, 4.69) is 26.8 Å². The molecule has 0 bridgehead atoms. The van der Waals surface area contributed by atoms with E-state index < -0.39 is 6.04 Å². The molecule has 0 unspecified atom stereocenters. The quantitative estimate of drug-likeness (QED) is 0.752. The number of nitrogens with zero attached hydrogens (tertiary/aromatic N) is 4. The Kier molecular flexibility index (Phi) is 4.15. The molecule has 1 amide bonds. The molecular weight excluding hydrogens is 340 g/mol. The Morgan fingerprint density at radius 1 is 1.22 bits per heavy atom. The van der Waals surface area contributed by atoms with E-state index in [1.165, 1.54) is 6.20 Å². The maximum absolute atomic E-state index is 13.1. The van der Waals surface area contributed by atoms with Crippen molar-refractivity contribution in [1.82, 2.24) is 14.8 Å². The predicted octanol–water partition coefficient (Wildman–Crippen LogP) is 3.08. The van der Waals surface area contributed by atoms with Crippen LogP contribution in [-0.4, -0.2) is 20.7 Å². The summed E-state index contributed by atoms with van der Waals surface area (Å²) in [4.78, 5) is 17.3. The van der Waals surface area contributed by atoms with Crippen LogP contribution in [0.4, 0.5) is 11.5 Å². The van der Waals surface area contributed by atoms with Gasteiger partial charge in [-0.1, -0.05) is 24.3 Å². The molecule has 1 aliphatic rings. The van der Waals surface area contributed by atoms with Gasteiger partial charge in [-0.05, 0) is 30.7 Å². The lowest BCUT2D eigenvalue weighted by molar-refractivity contribution is -0.113. The molecule has 27 heavy (non-hydrogen) atoms. The molecule has 0 radical (unpaired) electrons. The van der Waals surface area contributed by atoms with Crippen molar-refractivity contribution in [2.45, 2.75) is 13.0 Å². The first-order chi connectivity index (χ1) is 13.2. The van der Waals surface area contributed by atoms with Crippen molar-refractivity contribution in [3.05, 3.63) is 83.5 Å². The fourth-order valence-electron chi connectivity index (χ4n) is 3.20. The first kappa shape index (κ1) is 16.5. The van der Waals surface area contributed by atoms with Gasteiger partial charge in [0.1, 0.15) is 23.5 Å². The SMILES string of the molecule is CC1=C(C(=O)Nc2ccccc2)[C@H](c2cccnc2)n2ncc(C#N)c2N1. The van der Waals surface area contributed by atoms with Crippen LogP contribution in [0.3, 0.4) is 0 Å². The molecular formula is C20H16N6O. The summed E-state index contributed by atoms with van der Waals surface area (Å²) in [7, 11) is 0. The smallest absolute Gasteiger partial charge is 0.255 e. The second-order valence-electron chi connectivity index (χ2n) is 6.14. The topological polar surface area (TPSA) is 95.6 Å². The molecule has 7 nitrogen and oxygen atoms in total. The molecule has 0 aliphatic carbocycles. The highest BCUT2D eigenvalue weighted by Gasteiger charge is 2.34. The molecule has 0 saturated carbocycles. The zero-order valence-corrected chi connectivity index (χ0v) is 14.5. The fourth-order valence-corrected chi connectivity index (χ4v) is 3.20. The number of fused-ring (bicyclic) bond motifs is 1. The van der Waals surface area contributed by atoms with E-state index in [9.17, 15) is 10.1 Å². The molecule has 3 heterocycles. The third-order valence-corrected chi connectivity index (χ3v) is 4.42. The van der Waals surface area contributed by atoms with E-state index >= 15 is 0 Å². The van der Waals surface area contributed by atoms with Crippen molar-refractivity contribution in [2.24, 2.45) is 0 Å². The van der Waals surface area contributed by atoms with Crippen molar-refractivity contribution < 1.29 is 4.79 Å². The van der Waals surface area contributed by atoms with Crippen molar-refractivity contribution in [3.63, 3.8) is 0 Å². The van der Waals surface area contributed by atoms with E-state index in [0.29, 0.717) is 28.3 Å². The summed E-state index contributed by atoms with van der Waals surface area (Å²) in [6.45, 7) is 1.82. The van der Waals surface area contributed by atoms with Crippen LogP contribution in [0.2, 0.25) is 0 Å². The van der Waals surface area contributed by atoms with Crippen LogP contribution in [0.15, 0.2) is 72.3 Å². The van der Waals surface area contributed by atoms with Gasteiger partial charge in [-0.2, -0.15) is 10.4 Å². The highest BCUT2D eigenvalue weighted by atomic mass is 16.1. The lowest BCUT2D eigenvalue weighted by atomic mass is 9.95. The van der Waals surface area contributed by atoms with E-state index in [-0.39, 0.29) is 5.91 Å². The van der Waals surface area contributed by atoms with Gasteiger partial charge in [-0.15, -0.1) is 0 Å². The van der Waals surface area contributed by atoms with Gasteiger partial charge in [0, 0.05) is 23.8 Å². The van der Waals surface area contributed by atoms with Crippen molar-refractivity contribution in [2.75, 3.05) is 10.6 Å². The number of carbonyl (C=O) groups excluding carboxylic acids is 1. The Balaban J connectivity index is 1.81. The minimum Gasteiger partial charge on any atom is -0.343 e. The van der Waals surface area contributed by atoms with Gasteiger partial charge in [-0.3, -0.25) is 9.78 Å².